The Balaban J connectivity index is 0.000000827. The lowest BCUT2D eigenvalue weighted by Gasteiger charge is -2.33. The largest absolute Gasteiger partial charge is 0.496 e. The number of primary amides is 1. The number of amides is 1. The number of anilines is 1. The van der Waals surface area contributed by atoms with Gasteiger partial charge in [0.05, 0.1) is 38.0 Å². The zero-order chi connectivity index (χ0) is 32.5. The van der Waals surface area contributed by atoms with Gasteiger partial charge in [0.1, 0.15) is 11.6 Å². The summed E-state index contributed by atoms with van der Waals surface area (Å²) in [7, 11) is 4.85. The molecule has 2 aromatic rings. The van der Waals surface area contributed by atoms with E-state index in [-0.39, 0.29) is 36.4 Å². The molecule has 1 fully saturated rings. The lowest BCUT2D eigenvalue weighted by atomic mass is 9.73. The summed E-state index contributed by atoms with van der Waals surface area (Å²) in [6, 6.07) is 5.72. The number of nitrogens with one attached hydrogen (secondary N) is 1. The van der Waals surface area contributed by atoms with Crippen molar-refractivity contribution < 1.29 is 39.1 Å². The molecule has 2 aromatic carbocycles. The normalized spacial score (nSPS) is 17.6. The summed E-state index contributed by atoms with van der Waals surface area (Å²) in [4.78, 5) is 25.3. The van der Waals surface area contributed by atoms with Gasteiger partial charge in [-0.25, -0.2) is 9.18 Å². The number of carboxylic acids is 1. The molecule has 0 radical (unpaired) electrons. The molecule has 248 valence electrons. The monoisotopic (exact) mass is 621 g/mol. The smallest absolute Gasteiger partial charge is 0.335 e. The number of aromatic carboxylic acids is 1. The molecule has 4 atom stereocenters. The third-order valence-corrected chi connectivity index (χ3v) is 7.92. The van der Waals surface area contributed by atoms with Crippen LogP contribution in [0.25, 0.3) is 11.1 Å². The molecule has 0 aliphatic heterocycles. The Morgan fingerprint density at radius 3 is 2.27 bits per heavy atom. The topological polar surface area (TPSA) is 166 Å². The highest BCUT2D eigenvalue weighted by molar-refractivity contribution is 5.92. The van der Waals surface area contributed by atoms with E-state index in [1.807, 2.05) is 0 Å². The summed E-state index contributed by atoms with van der Waals surface area (Å²) in [6.45, 7) is 5.68. The molecular weight excluding hydrogens is 569 g/mol. The molecule has 0 bridgehead atoms. The summed E-state index contributed by atoms with van der Waals surface area (Å²) in [5.41, 5.74) is 7.62. The second-order valence-electron chi connectivity index (χ2n) is 12.3. The van der Waals surface area contributed by atoms with Crippen molar-refractivity contribution in [2.75, 3.05) is 39.3 Å². The maximum atomic E-state index is 14.6. The molecule has 1 aliphatic rings. The van der Waals surface area contributed by atoms with E-state index >= 15 is 0 Å². The van der Waals surface area contributed by atoms with Gasteiger partial charge in [0, 0.05) is 43.4 Å². The Bertz CT molecular complexity index is 1240. The number of ether oxygens (including phenoxy) is 1. The minimum absolute atomic E-state index is 0. The highest BCUT2D eigenvalue weighted by atomic mass is 19.1. The molecule has 11 heteroatoms. The Morgan fingerprint density at radius 1 is 1.16 bits per heavy atom. The Kier molecular flexibility index (Phi) is 15.2. The number of methoxy groups -OCH3 is 1. The van der Waals surface area contributed by atoms with Crippen molar-refractivity contribution in [3.8, 4) is 16.9 Å². The van der Waals surface area contributed by atoms with Gasteiger partial charge in [0.2, 0.25) is 5.91 Å². The number of hydrogen-bond acceptors (Lipinski definition) is 8. The first-order valence-corrected chi connectivity index (χ1v) is 14.5. The van der Waals surface area contributed by atoms with E-state index in [1.165, 1.54) is 57.1 Å². The van der Waals surface area contributed by atoms with Crippen LogP contribution in [0.1, 0.15) is 69.8 Å². The number of nitrogens with zero attached hydrogens (tertiary/aromatic N) is 1. The lowest BCUT2D eigenvalue weighted by molar-refractivity contribution is -0.124. The van der Waals surface area contributed by atoms with E-state index in [0.717, 1.165) is 5.92 Å². The zero-order valence-electron chi connectivity index (χ0n) is 26.1. The average molecular weight is 622 g/mol. The van der Waals surface area contributed by atoms with Crippen molar-refractivity contribution in [2.24, 2.45) is 23.0 Å². The van der Waals surface area contributed by atoms with Crippen molar-refractivity contribution >= 4 is 17.6 Å². The van der Waals surface area contributed by atoms with Gasteiger partial charge in [0.25, 0.3) is 0 Å². The van der Waals surface area contributed by atoms with Gasteiger partial charge in [0.15, 0.2) is 0 Å². The molecule has 1 amide bonds. The average Bonchev–Trinajstić information content (AvgIpc) is 2.93. The van der Waals surface area contributed by atoms with Gasteiger partial charge in [-0.1, -0.05) is 41.0 Å². The van der Waals surface area contributed by atoms with Crippen LogP contribution in [0.2, 0.25) is 0 Å². The van der Waals surface area contributed by atoms with Crippen LogP contribution in [-0.4, -0.2) is 78.9 Å². The second-order valence-corrected chi connectivity index (χ2v) is 12.3. The number of nitrogens with two attached hydrogens (primary N) is 1. The molecule has 7 N–H and O–H groups in total. The van der Waals surface area contributed by atoms with Crippen molar-refractivity contribution in [3.63, 3.8) is 0 Å². The van der Waals surface area contributed by atoms with Crippen LogP contribution in [0.5, 0.6) is 5.75 Å². The maximum absolute atomic E-state index is 14.6. The van der Waals surface area contributed by atoms with Crippen molar-refractivity contribution in [1.29, 1.82) is 0 Å². The van der Waals surface area contributed by atoms with Crippen LogP contribution >= 0.6 is 0 Å². The quantitative estimate of drug-likeness (QED) is 0.205. The first kappa shape index (κ1) is 38.8. The third kappa shape index (κ3) is 10.7. The van der Waals surface area contributed by atoms with Gasteiger partial charge in [-0.05, 0) is 60.1 Å². The lowest BCUT2D eigenvalue weighted by Crippen LogP contribution is -2.52. The zero-order valence-corrected chi connectivity index (χ0v) is 26.1. The molecule has 44 heavy (non-hydrogen) atoms. The van der Waals surface area contributed by atoms with Crippen LogP contribution < -0.4 is 20.7 Å². The van der Waals surface area contributed by atoms with E-state index < -0.39 is 49.0 Å². The molecule has 0 heterocycles. The summed E-state index contributed by atoms with van der Waals surface area (Å²) in [5, 5.41) is 41.0. The molecule has 10 nitrogen and oxygen atoms in total. The van der Waals surface area contributed by atoms with E-state index in [0.29, 0.717) is 16.7 Å². The Morgan fingerprint density at radius 2 is 1.82 bits per heavy atom. The van der Waals surface area contributed by atoms with Crippen LogP contribution in [0.4, 0.5) is 10.1 Å². The van der Waals surface area contributed by atoms with Gasteiger partial charge in [-0.2, -0.15) is 0 Å². The van der Waals surface area contributed by atoms with Crippen molar-refractivity contribution in [2.45, 2.75) is 72.6 Å². The van der Waals surface area contributed by atoms with Crippen LogP contribution in [0, 0.1) is 23.1 Å². The number of carbonyl (C=O) groups is 2. The van der Waals surface area contributed by atoms with E-state index in [1.54, 1.807) is 25.1 Å². The summed E-state index contributed by atoms with van der Waals surface area (Å²) < 4.78 is 20.1. The van der Waals surface area contributed by atoms with Crippen LogP contribution in [0.3, 0.4) is 0 Å². The van der Waals surface area contributed by atoms with Gasteiger partial charge >= 0.3 is 5.97 Å². The molecular formula is C33H52FN3O7. The fourth-order valence-corrected chi connectivity index (χ4v) is 5.73. The van der Waals surface area contributed by atoms with E-state index in [4.69, 9.17) is 10.5 Å². The van der Waals surface area contributed by atoms with Crippen molar-refractivity contribution in [3.05, 3.63) is 47.3 Å². The number of halogens is 1. The standard InChI is InChI=1S/C23H30FN3O7.C9H18.CH4/c1-27(2)16-6-12(4-13(7-16)23(32)33)17-8-15(24)5-14(21(17)34-3)9-26-20(22(25)31)18(10-28)19(30)11-29;1-8-5-4-6-9(2,3)7-8;/h4-8,18-20,26,28-30H,9-11H2,1-3H3,(H2,25,31)(H,32,33);8H,4-7H2,1-3H3;1H4. The summed E-state index contributed by atoms with van der Waals surface area (Å²) in [6.07, 6.45) is 4.38. The molecule has 0 spiro atoms. The van der Waals surface area contributed by atoms with Gasteiger partial charge in [-0.15, -0.1) is 0 Å². The minimum Gasteiger partial charge on any atom is -0.496 e. The number of carbonyl (C=O) groups excluding carboxylic acids is 1. The highest BCUT2D eigenvalue weighted by Crippen LogP contribution is 2.38. The van der Waals surface area contributed by atoms with Crippen LogP contribution in [-0.2, 0) is 11.3 Å². The Labute approximate surface area is 261 Å². The number of hydrogen-bond donors (Lipinski definition) is 6. The SMILES string of the molecule is C.CC1CCCC(C)(C)C1.COc1c(CNC(C(N)=O)C(CO)C(O)CO)cc(F)cc1-c1cc(C(=O)O)cc(N(C)C)c1. The number of rotatable bonds is 12. The van der Waals surface area contributed by atoms with Crippen LogP contribution in [0.15, 0.2) is 30.3 Å². The van der Waals surface area contributed by atoms with Gasteiger partial charge < -0.3 is 41.1 Å². The number of carboxylic acid groups (broad SMARTS) is 1. The molecule has 4 unspecified atom stereocenters. The third-order valence-electron chi connectivity index (χ3n) is 7.92. The number of aliphatic hydroxyl groups excluding tert-OH is 3. The highest BCUT2D eigenvalue weighted by Gasteiger charge is 2.32. The second kappa shape index (κ2) is 17.3. The molecule has 0 aromatic heterocycles. The van der Waals surface area contributed by atoms with Gasteiger partial charge in [-0.3, -0.25) is 4.79 Å². The summed E-state index contributed by atoms with van der Waals surface area (Å²) in [5.74, 6) is -2.56. The molecule has 0 saturated heterocycles. The van der Waals surface area contributed by atoms with E-state index in [9.17, 15) is 34.4 Å². The Hall–Kier alpha value is -3.25. The predicted octanol–water partition coefficient (Wildman–Crippen LogP) is 4.03. The van der Waals surface area contributed by atoms with Crippen molar-refractivity contribution in [1.82, 2.24) is 5.32 Å². The first-order chi connectivity index (χ1) is 20.1. The number of aliphatic hydroxyl groups is 3. The van der Waals surface area contributed by atoms with E-state index in [2.05, 4.69) is 26.1 Å². The fraction of sp³-hybridized carbons (Fsp3) is 0.576. The molecule has 1 saturated carbocycles. The first-order valence-electron chi connectivity index (χ1n) is 14.5. The maximum Gasteiger partial charge on any atom is 0.335 e. The summed E-state index contributed by atoms with van der Waals surface area (Å²) >= 11 is 0. The predicted molar refractivity (Wildman–Crippen MR) is 171 cm³/mol. The molecule has 1 aliphatic carbocycles. The fourth-order valence-electron chi connectivity index (χ4n) is 5.73. The molecule has 3 rings (SSSR count). The number of benzene rings is 2. The minimum atomic E-state index is -1.41.